The molecule has 2 rings (SSSR count). The summed E-state index contributed by atoms with van der Waals surface area (Å²) in [5.74, 6) is 1.01. The van der Waals surface area contributed by atoms with Gasteiger partial charge in [0.2, 0.25) is 0 Å². The van der Waals surface area contributed by atoms with Crippen LogP contribution in [0.2, 0.25) is 0 Å². The Morgan fingerprint density at radius 2 is 2.18 bits per heavy atom. The third-order valence-corrected chi connectivity index (χ3v) is 4.19. The predicted molar refractivity (Wildman–Crippen MR) is 69.8 cm³/mol. The molecule has 0 atom stereocenters. The number of nitrogens with zero attached hydrogens (tertiary/aromatic N) is 1. The molecule has 0 aromatic carbocycles. The van der Waals surface area contributed by atoms with Gasteiger partial charge in [-0.3, -0.25) is 0 Å². The maximum absolute atomic E-state index is 5.05. The lowest BCUT2D eigenvalue weighted by atomic mass is 10.1. The zero-order valence-corrected chi connectivity index (χ0v) is 11.4. The summed E-state index contributed by atoms with van der Waals surface area (Å²) >= 11 is 1.79. The number of hydrogen-bond donors (Lipinski definition) is 0. The van der Waals surface area contributed by atoms with Crippen molar-refractivity contribution in [3.8, 4) is 16.5 Å². The molecule has 0 N–H and O–H groups in total. The Bertz CT molecular complexity index is 499. The number of aromatic nitrogens is 1. The van der Waals surface area contributed by atoms with Crippen LogP contribution >= 0.6 is 11.3 Å². The van der Waals surface area contributed by atoms with E-state index in [0.717, 1.165) is 17.0 Å². The van der Waals surface area contributed by atoms with Gasteiger partial charge in [0.1, 0.15) is 5.69 Å². The number of thiophene rings is 1. The lowest BCUT2D eigenvalue weighted by molar-refractivity contribution is 0.261. The third-order valence-electron chi connectivity index (χ3n) is 2.69. The summed E-state index contributed by atoms with van der Waals surface area (Å²) in [5, 5.41) is 4.02. The largest absolute Gasteiger partial charge is 0.467 e. The Labute approximate surface area is 105 Å². The second-order valence-electron chi connectivity index (χ2n) is 4.24. The van der Waals surface area contributed by atoms with E-state index in [1.165, 1.54) is 10.4 Å². The molecule has 2 aromatic rings. The molecule has 0 saturated heterocycles. The zero-order valence-electron chi connectivity index (χ0n) is 10.6. The summed E-state index contributed by atoms with van der Waals surface area (Å²) < 4.78 is 10.0. The van der Waals surface area contributed by atoms with Crippen molar-refractivity contribution in [2.45, 2.75) is 33.1 Å². The van der Waals surface area contributed by atoms with E-state index in [1.54, 1.807) is 18.4 Å². The fourth-order valence-corrected chi connectivity index (χ4v) is 3.01. The van der Waals surface area contributed by atoms with Crippen molar-refractivity contribution >= 4 is 11.3 Å². The van der Waals surface area contributed by atoms with Crippen molar-refractivity contribution < 1.29 is 9.26 Å². The average molecular weight is 251 g/mol. The summed E-state index contributed by atoms with van der Waals surface area (Å²) in [5.41, 5.74) is 2.26. The van der Waals surface area contributed by atoms with Gasteiger partial charge in [-0.2, -0.15) is 0 Å². The standard InChI is InChI=1S/C13H17NO2S/c1-5-9-6-11(17-13(9)8(2)3)10-7-12(15-4)16-14-10/h6-8H,5H2,1-4H3. The Balaban J connectivity index is 2.39. The first kappa shape index (κ1) is 12.2. The van der Waals surface area contributed by atoms with Crippen molar-refractivity contribution in [3.63, 3.8) is 0 Å². The molecule has 0 fully saturated rings. The summed E-state index contributed by atoms with van der Waals surface area (Å²) in [4.78, 5) is 2.59. The summed E-state index contributed by atoms with van der Waals surface area (Å²) in [7, 11) is 1.58. The molecule has 0 saturated carbocycles. The second kappa shape index (κ2) is 4.92. The van der Waals surface area contributed by atoms with Crippen molar-refractivity contribution in [2.75, 3.05) is 7.11 Å². The molecule has 0 aliphatic heterocycles. The number of aryl methyl sites for hydroxylation is 1. The molecule has 0 unspecified atom stereocenters. The zero-order chi connectivity index (χ0) is 12.4. The van der Waals surface area contributed by atoms with Gasteiger partial charge >= 0.3 is 5.95 Å². The van der Waals surface area contributed by atoms with Crippen LogP contribution in [0.3, 0.4) is 0 Å². The van der Waals surface area contributed by atoms with E-state index < -0.39 is 0 Å². The van der Waals surface area contributed by atoms with E-state index in [-0.39, 0.29) is 0 Å². The highest BCUT2D eigenvalue weighted by Crippen LogP contribution is 2.36. The van der Waals surface area contributed by atoms with Crippen LogP contribution < -0.4 is 4.74 Å². The highest BCUT2D eigenvalue weighted by molar-refractivity contribution is 7.15. The molecule has 0 radical (unpaired) electrons. The summed E-state index contributed by atoms with van der Waals surface area (Å²) in [6.45, 7) is 6.62. The topological polar surface area (TPSA) is 35.3 Å². The van der Waals surface area contributed by atoms with Crippen LogP contribution in [-0.4, -0.2) is 12.3 Å². The fourth-order valence-electron chi connectivity index (χ4n) is 1.80. The monoisotopic (exact) mass is 251 g/mol. The van der Waals surface area contributed by atoms with E-state index in [0.29, 0.717) is 11.9 Å². The molecule has 0 amide bonds. The Morgan fingerprint density at radius 3 is 2.65 bits per heavy atom. The lowest BCUT2D eigenvalue weighted by Crippen LogP contribution is -1.87. The predicted octanol–water partition coefficient (Wildman–Crippen LogP) is 4.10. The van der Waals surface area contributed by atoms with Crippen molar-refractivity contribution in [2.24, 2.45) is 0 Å². The summed E-state index contributed by atoms with van der Waals surface area (Å²) in [6, 6.07) is 4.03. The van der Waals surface area contributed by atoms with Crippen LogP contribution in [0.4, 0.5) is 0 Å². The lowest BCUT2D eigenvalue weighted by Gasteiger charge is -2.03. The van der Waals surface area contributed by atoms with Crippen LogP contribution in [0.5, 0.6) is 5.95 Å². The first-order chi connectivity index (χ1) is 8.15. The Kier molecular flexibility index (Phi) is 3.52. The molecule has 2 aromatic heterocycles. The Hall–Kier alpha value is -1.29. The fraction of sp³-hybridized carbons (Fsp3) is 0.462. The molecule has 0 spiro atoms. The van der Waals surface area contributed by atoms with Crippen LogP contribution in [0.15, 0.2) is 16.7 Å². The highest BCUT2D eigenvalue weighted by atomic mass is 32.1. The number of ether oxygens (including phenoxy) is 1. The molecule has 4 heteroatoms. The van der Waals surface area contributed by atoms with Gasteiger partial charge in [-0.1, -0.05) is 25.9 Å². The van der Waals surface area contributed by atoms with Crippen LogP contribution in [-0.2, 0) is 6.42 Å². The first-order valence-electron chi connectivity index (χ1n) is 5.79. The first-order valence-corrected chi connectivity index (χ1v) is 6.61. The molecule has 17 heavy (non-hydrogen) atoms. The summed E-state index contributed by atoms with van der Waals surface area (Å²) in [6.07, 6.45) is 1.05. The van der Waals surface area contributed by atoms with Crippen LogP contribution in [0, 0.1) is 0 Å². The minimum atomic E-state index is 0.456. The van der Waals surface area contributed by atoms with Gasteiger partial charge in [-0.05, 0) is 24.0 Å². The smallest absolute Gasteiger partial charge is 0.311 e. The maximum Gasteiger partial charge on any atom is 0.311 e. The van der Waals surface area contributed by atoms with Gasteiger partial charge in [0.05, 0.1) is 18.1 Å². The van der Waals surface area contributed by atoms with E-state index in [2.05, 4.69) is 32.0 Å². The van der Waals surface area contributed by atoms with Crippen LogP contribution in [0.25, 0.3) is 10.6 Å². The van der Waals surface area contributed by atoms with Gasteiger partial charge in [-0.25, -0.2) is 0 Å². The van der Waals surface area contributed by atoms with Crippen molar-refractivity contribution in [3.05, 3.63) is 22.6 Å². The van der Waals surface area contributed by atoms with Gasteiger partial charge in [0, 0.05) is 4.88 Å². The van der Waals surface area contributed by atoms with Gasteiger partial charge < -0.3 is 9.26 Å². The highest BCUT2D eigenvalue weighted by Gasteiger charge is 2.15. The molecule has 0 aliphatic carbocycles. The van der Waals surface area contributed by atoms with E-state index >= 15 is 0 Å². The van der Waals surface area contributed by atoms with Crippen molar-refractivity contribution in [1.29, 1.82) is 0 Å². The minimum Gasteiger partial charge on any atom is -0.467 e. The van der Waals surface area contributed by atoms with Crippen LogP contribution in [0.1, 0.15) is 37.1 Å². The normalized spacial score (nSPS) is 11.1. The van der Waals surface area contributed by atoms with Crippen molar-refractivity contribution in [1.82, 2.24) is 5.16 Å². The molecule has 92 valence electrons. The van der Waals surface area contributed by atoms with E-state index in [4.69, 9.17) is 9.26 Å². The van der Waals surface area contributed by atoms with Gasteiger partial charge in [-0.15, -0.1) is 11.3 Å². The van der Waals surface area contributed by atoms with Gasteiger partial charge in [0.25, 0.3) is 0 Å². The molecule has 0 aliphatic rings. The average Bonchev–Trinajstić information content (AvgIpc) is 2.94. The minimum absolute atomic E-state index is 0.456. The molecular weight excluding hydrogens is 234 g/mol. The number of hydrogen-bond acceptors (Lipinski definition) is 4. The number of rotatable bonds is 4. The van der Waals surface area contributed by atoms with Gasteiger partial charge in [0.15, 0.2) is 0 Å². The molecule has 0 bridgehead atoms. The molecule has 3 nitrogen and oxygen atoms in total. The SMILES string of the molecule is CCc1cc(-c2cc(OC)on2)sc1C(C)C. The maximum atomic E-state index is 5.05. The van der Waals surface area contributed by atoms with E-state index in [9.17, 15) is 0 Å². The molecule has 2 heterocycles. The third kappa shape index (κ3) is 2.36. The number of methoxy groups -OCH3 is 1. The van der Waals surface area contributed by atoms with E-state index in [1.807, 2.05) is 6.07 Å². The molecular formula is C13H17NO2S. The quantitative estimate of drug-likeness (QED) is 0.820. The Morgan fingerprint density at radius 1 is 1.41 bits per heavy atom. The second-order valence-corrected chi connectivity index (χ2v) is 5.33.